The molecule has 28 heavy (non-hydrogen) atoms. The van der Waals surface area contributed by atoms with E-state index in [0.717, 1.165) is 28.6 Å². The number of para-hydroxylation sites is 1. The molecule has 2 N–H and O–H groups in total. The maximum absolute atomic E-state index is 12.8. The van der Waals surface area contributed by atoms with E-state index in [9.17, 15) is 13.2 Å². The number of nitrogens with two attached hydrogens (primary N) is 1. The lowest BCUT2D eigenvalue weighted by molar-refractivity contribution is -0.137. The van der Waals surface area contributed by atoms with Gasteiger partial charge < -0.3 is 10.3 Å². The van der Waals surface area contributed by atoms with E-state index < -0.39 is 11.7 Å². The van der Waals surface area contributed by atoms with Crippen molar-refractivity contribution in [1.29, 1.82) is 0 Å². The fraction of sp³-hybridized carbons (Fsp3) is 0.200. The minimum absolute atomic E-state index is 0.125. The van der Waals surface area contributed by atoms with Crippen LogP contribution in [0.4, 0.5) is 13.2 Å². The first-order chi connectivity index (χ1) is 13.3. The summed E-state index contributed by atoms with van der Waals surface area (Å²) in [6.07, 6.45) is -1.85. The molecule has 1 aliphatic heterocycles. The Balaban J connectivity index is 1.71. The molecule has 0 aliphatic carbocycles. The highest BCUT2D eigenvalue weighted by atomic mass is 32.1. The van der Waals surface area contributed by atoms with E-state index in [0.29, 0.717) is 17.7 Å². The molecule has 2 aromatic carbocycles. The molecule has 3 aromatic rings. The third-order valence-corrected chi connectivity index (χ3v) is 5.16. The number of rotatable bonds is 2. The summed E-state index contributed by atoms with van der Waals surface area (Å²) in [7, 11) is 1.96. The summed E-state index contributed by atoms with van der Waals surface area (Å²) in [6, 6.07) is 12.8. The van der Waals surface area contributed by atoms with Gasteiger partial charge in [0.25, 0.3) is 0 Å². The summed E-state index contributed by atoms with van der Waals surface area (Å²) >= 11 is 5.18. The first kappa shape index (κ1) is 18.5. The Labute approximate surface area is 165 Å². The van der Waals surface area contributed by atoms with Gasteiger partial charge in [0.05, 0.1) is 17.3 Å². The van der Waals surface area contributed by atoms with Crippen LogP contribution in [0.2, 0.25) is 0 Å². The Morgan fingerprint density at radius 3 is 2.46 bits per heavy atom. The lowest BCUT2D eigenvalue weighted by Crippen LogP contribution is -2.31. The normalized spacial score (nSPS) is 17.2. The molecule has 0 spiro atoms. The van der Waals surface area contributed by atoms with Gasteiger partial charge in [0, 0.05) is 36.1 Å². The van der Waals surface area contributed by atoms with Crippen molar-refractivity contribution in [2.45, 2.75) is 18.6 Å². The summed E-state index contributed by atoms with van der Waals surface area (Å²) in [4.78, 5) is 0. The monoisotopic (exact) mass is 402 g/mol. The molecule has 4 nitrogen and oxygen atoms in total. The summed E-state index contributed by atoms with van der Waals surface area (Å²) in [6.45, 7) is 0. The number of hydrazone groups is 1. The molecule has 0 radical (unpaired) electrons. The van der Waals surface area contributed by atoms with Gasteiger partial charge in [-0.2, -0.15) is 18.3 Å². The number of fused-ring (bicyclic) bond motifs is 1. The standard InChI is InChI=1S/C20H17F3N4S/c1-26-11-15(14-4-2-3-5-17(14)26)18-10-16(25-27(18)19(24)28)12-6-8-13(9-7-12)20(21,22)23/h2-9,11,18H,10H2,1H3,(H2,24,28). The van der Waals surface area contributed by atoms with Crippen molar-refractivity contribution in [2.24, 2.45) is 17.9 Å². The Hall–Kier alpha value is -2.87. The average molecular weight is 402 g/mol. The Morgan fingerprint density at radius 1 is 1.14 bits per heavy atom. The molecule has 1 unspecified atom stereocenters. The zero-order valence-corrected chi connectivity index (χ0v) is 15.8. The molecule has 4 rings (SSSR count). The molecule has 1 aromatic heterocycles. The highest BCUT2D eigenvalue weighted by molar-refractivity contribution is 7.80. The van der Waals surface area contributed by atoms with Crippen LogP contribution in [0, 0.1) is 0 Å². The fourth-order valence-corrected chi connectivity index (χ4v) is 3.79. The second kappa shape index (κ2) is 6.63. The van der Waals surface area contributed by atoms with E-state index in [1.165, 1.54) is 12.1 Å². The first-order valence-electron chi connectivity index (χ1n) is 8.63. The van der Waals surface area contributed by atoms with E-state index >= 15 is 0 Å². The maximum Gasteiger partial charge on any atom is 0.416 e. The minimum Gasteiger partial charge on any atom is -0.375 e. The highest BCUT2D eigenvalue weighted by Crippen LogP contribution is 2.37. The minimum atomic E-state index is -4.37. The smallest absolute Gasteiger partial charge is 0.375 e. The van der Waals surface area contributed by atoms with Crippen molar-refractivity contribution in [3.63, 3.8) is 0 Å². The van der Waals surface area contributed by atoms with Gasteiger partial charge in [0.1, 0.15) is 0 Å². The Kier molecular flexibility index (Phi) is 4.38. The highest BCUT2D eigenvalue weighted by Gasteiger charge is 2.34. The molecule has 0 fully saturated rings. The lowest BCUT2D eigenvalue weighted by Gasteiger charge is -2.21. The summed E-state index contributed by atoms with van der Waals surface area (Å²) in [5.74, 6) is 0. The van der Waals surface area contributed by atoms with Crippen LogP contribution in [0.25, 0.3) is 10.9 Å². The van der Waals surface area contributed by atoms with Crippen LogP contribution in [-0.4, -0.2) is 20.4 Å². The van der Waals surface area contributed by atoms with Gasteiger partial charge in [-0.25, -0.2) is 5.01 Å². The largest absolute Gasteiger partial charge is 0.416 e. The fourth-order valence-electron chi connectivity index (χ4n) is 3.62. The van der Waals surface area contributed by atoms with Crippen molar-refractivity contribution >= 4 is 33.9 Å². The molecule has 1 aliphatic rings. The van der Waals surface area contributed by atoms with Crippen molar-refractivity contribution in [1.82, 2.24) is 9.58 Å². The van der Waals surface area contributed by atoms with Crippen LogP contribution in [0.3, 0.4) is 0 Å². The average Bonchev–Trinajstić information content (AvgIpc) is 3.23. The van der Waals surface area contributed by atoms with Crippen LogP contribution >= 0.6 is 12.2 Å². The molecular weight excluding hydrogens is 385 g/mol. The number of nitrogens with zero attached hydrogens (tertiary/aromatic N) is 3. The van der Waals surface area contributed by atoms with Gasteiger partial charge in [-0.05, 0) is 36.0 Å². The zero-order chi connectivity index (χ0) is 20.1. The number of thiocarbonyl (C=S) groups is 1. The van der Waals surface area contributed by atoms with Crippen molar-refractivity contribution < 1.29 is 13.2 Å². The molecule has 2 heterocycles. The maximum atomic E-state index is 12.8. The molecule has 144 valence electrons. The molecule has 0 saturated heterocycles. The predicted octanol–water partition coefficient (Wildman–Crippen LogP) is 4.59. The van der Waals surface area contributed by atoms with Gasteiger partial charge in [-0.15, -0.1) is 0 Å². The zero-order valence-electron chi connectivity index (χ0n) is 14.9. The van der Waals surface area contributed by atoms with E-state index in [1.54, 1.807) is 5.01 Å². The quantitative estimate of drug-likeness (QED) is 0.638. The number of benzene rings is 2. The summed E-state index contributed by atoms with van der Waals surface area (Å²) < 4.78 is 40.5. The van der Waals surface area contributed by atoms with E-state index in [1.807, 2.05) is 42.1 Å². The molecule has 0 saturated carbocycles. The predicted molar refractivity (Wildman–Crippen MR) is 107 cm³/mol. The topological polar surface area (TPSA) is 46.5 Å². The van der Waals surface area contributed by atoms with Crippen LogP contribution < -0.4 is 5.73 Å². The first-order valence-corrected chi connectivity index (χ1v) is 9.04. The van der Waals surface area contributed by atoms with Crippen molar-refractivity contribution in [2.75, 3.05) is 0 Å². The number of aromatic nitrogens is 1. The third kappa shape index (κ3) is 3.13. The van der Waals surface area contributed by atoms with Gasteiger partial charge in [0.2, 0.25) is 0 Å². The number of alkyl halides is 3. The molecule has 8 heteroatoms. The number of hydrogen-bond donors (Lipinski definition) is 1. The molecule has 0 amide bonds. The van der Waals surface area contributed by atoms with Gasteiger partial charge in [0.15, 0.2) is 5.11 Å². The Morgan fingerprint density at radius 2 is 1.82 bits per heavy atom. The van der Waals surface area contributed by atoms with E-state index in [-0.39, 0.29) is 11.2 Å². The van der Waals surface area contributed by atoms with Gasteiger partial charge in [-0.3, -0.25) is 0 Å². The second-order valence-corrected chi connectivity index (χ2v) is 7.16. The lowest BCUT2D eigenvalue weighted by atomic mass is 9.97. The van der Waals surface area contributed by atoms with E-state index in [4.69, 9.17) is 18.0 Å². The SMILES string of the molecule is Cn1cc(C2CC(c3ccc(C(F)(F)F)cc3)=NN2C(N)=S)c2ccccc21. The van der Waals surface area contributed by atoms with Gasteiger partial charge >= 0.3 is 6.18 Å². The number of halogens is 3. The molecule has 1 atom stereocenters. The van der Waals surface area contributed by atoms with Crippen LogP contribution in [-0.2, 0) is 13.2 Å². The second-order valence-electron chi connectivity index (χ2n) is 6.74. The molecule has 0 bridgehead atoms. The summed E-state index contributed by atoms with van der Waals surface area (Å²) in [5, 5.41) is 7.28. The van der Waals surface area contributed by atoms with E-state index in [2.05, 4.69) is 5.10 Å². The number of aryl methyl sites for hydroxylation is 1. The van der Waals surface area contributed by atoms with Crippen LogP contribution in [0.5, 0.6) is 0 Å². The van der Waals surface area contributed by atoms with Gasteiger partial charge in [-0.1, -0.05) is 30.3 Å². The van der Waals surface area contributed by atoms with Crippen molar-refractivity contribution in [3.05, 3.63) is 71.4 Å². The van der Waals surface area contributed by atoms with Crippen molar-refractivity contribution in [3.8, 4) is 0 Å². The third-order valence-electron chi connectivity index (χ3n) is 4.97. The molecular formula is C20H17F3N4S. The number of hydrogen-bond acceptors (Lipinski definition) is 2. The van der Waals surface area contributed by atoms with Crippen LogP contribution in [0.15, 0.2) is 59.8 Å². The summed E-state index contributed by atoms with van der Waals surface area (Å²) in [5.41, 5.74) is 8.58. The Bertz CT molecular complexity index is 1080. The van der Waals surface area contributed by atoms with Crippen LogP contribution in [0.1, 0.15) is 29.2 Å².